The van der Waals surface area contributed by atoms with Gasteiger partial charge in [-0.05, 0) is 32.3 Å². The van der Waals surface area contributed by atoms with Crippen molar-refractivity contribution >= 4 is 11.9 Å². The molecule has 2 unspecified atom stereocenters. The summed E-state index contributed by atoms with van der Waals surface area (Å²) in [5.41, 5.74) is 0.545. The Hall–Kier alpha value is -1.84. The minimum atomic E-state index is -0.886. The van der Waals surface area contributed by atoms with Crippen molar-refractivity contribution in [1.82, 2.24) is 5.32 Å². The molecule has 1 amide bonds. The van der Waals surface area contributed by atoms with Crippen LogP contribution in [0.4, 0.5) is 0 Å². The third-order valence-electron chi connectivity index (χ3n) is 4.72. The Bertz CT molecular complexity index is 506. The maximum Gasteiger partial charge on any atom is 0.308 e. The van der Waals surface area contributed by atoms with E-state index in [9.17, 15) is 9.59 Å². The number of aliphatic carboxylic acids is 1. The van der Waals surface area contributed by atoms with Crippen molar-refractivity contribution in [1.29, 1.82) is 0 Å². The Morgan fingerprint density at radius 2 is 1.71 bits per heavy atom. The molecule has 1 saturated carbocycles. The summed E-state index contributed by atoms with van der Waals surface area (Å²) >= 11 is 0. The fourth-order valence-corrected chi connectivity index (χ4v) is 3.07. The molecule has 1 aromatic carbocycles. The molecule has 1 fully saturated rings. The number of carbonyl (C=O) groups is 2. The van der Waals surface area contributed by atoms with E-state index in [2.05, 4.69) is 5.32 Å². The summed E-state index contributed by atoms with van der Waals surface area (Å²) in [4.78, 5) is 23.8. The topological polar surface area (TPSA) is 66.4 Å². The van der Waals surface area contributed by atoms with Gasteiger partial charge in [-0.1, -0.05) is 43.2 Å². The Morgan fingerprint density at radius 3 is 2.24 bits per heavy atom. The maximum absolute atomic E-state index is 12.8. The number of rotatable bonds is 5. The van der Waals surface area contributed by atoms with E-state index in [-0.39, 0.29) is 11.9 Å². The van der Waals surface area contributed by atoms with Gasteiger partial charge < -0.3 is 10.4 Å². The van der Waals surface area contributed by atoms with Gasteiger partial charge in [0, 0.05) is 6.04 Å². The van der Waals surface area contributed by atoms with Crippen LogP contribution < -0.4 is 5.32 Å². The second kappa shape index (κ2) is 6.29. The Kier molecular flexibility index (Phi) is 4.66. The highest BCUT2D eigenvalue weighted by atomic mass is 16.4. The first kappa shape index (κ1) is 15.5. The zero-order chi connectivity index (χ0) is 15.5. The van der Waals surface area contributed by atoms with Gasteiger partial charge in [0.25, 0.3) is 0 Å². The average molecular weight is 289 g/mol. The fraction of sp³-hybridized carbons (Fsp3) is 0.529. The van der Waals surface area contributed by atoms with E-state index >= 15 is 0 Å². The van der Waals surface area contributed by atoms with E-state index in [4.69, 9.17) is 5.11 Å². The lowest BCUT2D eigenvalue weighted by atomic mass is 9.77. The molecular weight excluding hydrogens is 266 g/mol. The van der Waals surface area contributed by atoms with Crippen LogP contribution in [0, 0.1) is 5.92 Å². The van der Waals surface area contributed by atoms with Crippen LogP contribution in [0.1, 0.15) is 45.1 Å². The van der Waals surface area contributed by atoms with Gasteiger partial charge in [0.1, 0.15) is 0 Å². The summed E-state index contributed by atoms with van der Waals surface area (Å²) in [6, 6.07) is 9.46. The molecule has 0 saturated heterocycles. The predicted molar refractivity (Wildman–Crippen MR) is 81.0 cm³/mol. The lowest BCUT2D eigenvalue weighted by molar-refractivity contribution is -0.142. The molecule has 0 heterocycles. The minimum absolute atomic E-state index is 0.0354. The zero-order valence-corrected chi connectivity index (χ0v) is 12.6. The summed E-state index contributed by atoms with van der Waals surface area (Å²) in [5, 5.41) is 12.0. The van der Waals surface area contributed by atoms with Crippen molar-refractivity contribution in [3.8, 4) is 0 Å². The summed E-state index contributed by atoms with van der Waals surface area (Å²) in [6.07, 6.45) is 3.73. The molecule has 1 aliphatic rings. The van der Waals surface area contributed by atoms with Crippen molar-refractivity contribution in [2.24, 2.45) is 5.92 Å². The molecule has 4 nitrogen and oxygen atoms in total. The van der Waals surface area contributed by atoms with Crippen molar-refractivity contribution in [2.75, 3.05) is 0 Å². The largest absolute Gasteiger partial charge is 0.481 e. The van der Waals surface area contributed by atoms with E-state index in [0.717, 1.165) is 31.2 Å². The first-order valence-electron chi connectivity index (χ1n) is 7.57. The number of nitrogens with one attached hydrogen (secondary N) is 1. The third kappa shape index (κ3) is 3.09. The average Bonchev–Trinajstić information content (AvgIpc) is 2.98. The molecule has 21 heavy (non-hydrogen) atoms. The molecule has 0 bridgehead atoms. The molecule has 2 rings (SSSR count). The maximum atomic E-state index is 12.8. The highest BCUT2D eigenvalue weighted by molar-refractivity contribution is 5.89. The van der Waals surface area contributed by atoms with E-state index in [1.165, 1.54) is 0 Å². The lowest BCUT2D eigenvalue weighted by Gasteiger charge is -2.31. The van der Waals surface area contributed by atoms with Crippen LogP contribution in [0.25, 0.3) is 0 Å². The van der Waals surface area contributed by atoms with Crippen molar-refractivity contribution in [3.63, 3.8) is 0 Å². The smallest absolute Gasteiger partial charge is 0.308 e. The summed E-state index contributed by atoms with van der Waals surface area (Å²) in [7, 11) is 0. The summed E-state index contributed by atoms with van der Waals surface area (Å²) in [5.74, 6) is -1.52. The van der Waals surface area contributed by atoms with Gasteiger partial charge >= 0.3 is 5.97 Å². The molecule has 114 valence electrons. The zero-order valence-electron chi connectivity index (χ0n) is 12.6. The molecule has 2 atom stereocenters. The first-order valence-corrected chi connectivity index (χ1v) is 7.57. The van der Waals surface area contributed by atoms with E-state index < -0.39 is 17.3 Å². The number of hydrogen-bond donors (Lipinski definition) is 2. The quantitative estimate of drug-likeness (QED) is 0.876. The highest BCUT2D eigenvalue weighted by Crippen LogP contribution is 2.41. The Labute approximate surface area is 125 Å². The number of hydrogen-bond acceptors (Lipinski definition) is 2. The molecule has 4 heteroatoms. The molecule has 0 radical (unpaired) electrons. The first-order chi connectivity index (χ1) is 9.97. The highest BCUT2D eigenvalue weighted by Gasteiger charge is 2.43. The van der Waals surface area contributed by atoms with E-state index in [0.29, 0.717) is 0 Å². The van der Waals surface area contributed by atoms with E-state index in [1.54, 1.807) is 13.8 Å². The molecule has 0 aromatic heterocycles. The van der Waals surface area contributed by atoms with Crippen LogP contribution in [0.15, 0.2) is 30.3 Å². The van der Waals surface area contributed by atoms with Crippen LogP contribution in [-0.4, -0.2) is 23.0 Å². The van der Waals surface area contributed by atoms with Crippen molar-refractivity contribution in [2.45, 2.75) is 51.0 Å². The number of amides is 1. The van der Waals surface area contributed by atoms with Gasteiger partial charge in [-0.3, -0.25) is 9.59 Å². The molecule has 2 N–H and O–H groups in total. The normalized spacial score (nSPS) is 19.7. The van der Waals surface area contributed by atoms with Crippen molar-refractivity contribution in [3.05, 3.63) is 35.9 Å². The van der Waals surface area contributed by atoms with E-state index in [1.807, 2.05) is 30.3 Å². The Morgan fingerprint density at radius 1 is 1.14 bits per heavy atom. The lowest BCUT2D eigenvalue weighted by Crippen LogP contribution is -2.49. The number of benzene rings is 1. The molecule has 0 spiro atoms. The standard InChI is InChI=1S/C17H23NO3/c1-12(15(19)20)13(2)18-16(21)17(10-6-7-11-17)14-8-4-3-5-9-14/h3-5,8-9,12-13H,6-7,10-11H2,1-2H3,(H,18,21)(H,19,20). The van der Waals surface area contributed by atoms with Gasteiger partial charge in [0.15, 0.2) is 0 Å². The molecule has 0 aliphatic heterocycles. The molecule has 1 aromatic rings. The van der Waals surface area contributed by atoms with Crippen LogP contribution in [0.2, 0.25) is 0 Å². The Balaban J connectivity index is 2.20. The number of carboxylic acids is 1. The third-order valence-corrected chi connectivity index (χ3v) is 4.72. The van der Waals surface area contributed by atoms with Crippen LogP contribution >= 0.6 is 0 Å². The van der Waals surface area contributed by atoms with Gasteiger partial charge in [-0.25, -0.2) is 0 Å². The van der Waals surface area contributed by atoms with Gasteiger partial charge in [0.05, 0.1) is 11.3 Å². The monoisotopic (exact) mass is 289 g/mol. The number of carboxylic acid groups (broad SMARTS) is 1. The minimum Gasteiger partial charge on any atom is -0.481 e. The number of carbonyl (C=O) groups excluding carboxylic acids is 1. The summed E-state index contributed by atoms with van der Waals surface area (Å²) in [6.45, 7) is 3.38. The van der Waals surface area contributed by atoms with Crippen molar-refractivity contribution < 1.29 is 14.7 Å². The van der Waals surface area contributed by atoms with Crippen LogP contribution in [0.5, 0.6) is 0 Å². The van der Waals surface area contributed by atoms with Crippen LogP contribution in [-0.2, 0) is 15.0 Å². The van der Waals surface area contributed by atoms with Crippen LogP contribution in [0.3, 0.4) is 0 Å². The SMILES string of the molecule is CC(NC(=O)C1(c2ccccc2)CCCC1)C(C)C(=O)O. The second-order valence-electron chi connectivity index (χ2n) is 6.04. The fourth-order valence-electron chi connectivity index (χ4n) is 3.07. The molecular formula is C17H23NO3. The summed E-state index contributed by atoms with van der Waals surface area (Å²) < 4.78 is 0. The second-order valence-corrected chi connectivity index (χ2v) is 6.04. The molecule has 1 aliphatic carbocycles. The predicted octanol–water partition coefficient (Wildman–Crippen LogP) is 2.72. The van der Waals surface area contributed by atoms with Gasteiger partial charge in [0.2, 0.25) is 5.91 Å². The van der Waals surface area contributed by atoms with Gasteiger partial charge in [-0.15, -0.1) is 0 Å². The van der Waals surface area contributed by atoms with Gasteiger partial charge in [-0.2, -0.15) is 0 Å².